The van der Waals surface area contributed by atoms with E-state index >= 15 is 0 Å². The van der Waals surface area contributed by atoms with E-state index in [9.17, 15) is 14.4 Å². The summed E-state index contributed by atoms with van der Waals surface area (Å²) >= 11 is 0. The minimum Gasteiger partial charge on any atom is -0.340 e. The molecule has 3 aliphatic heterocycles. The van der Waals surface area contributed by atoms with Gasteiger partial charge in [-0.05, 0) is 24.9 Å². The number of rotatable bonds is 5. The number of piperidine rings is 1. The van der Waals surface area contributed by atoms with Crippen LogP contribution in [-0.2, 0) is 16.1 Å². The van der Waals surface area contributed by atoms with Gasteiger partial charge >= 0.3 is 0 Å². The largest absolute Gasteiger partial charge is 0.340 e. The van der Waals surface area contributed by atoms with Gasteiger partial charge in [0, 0.05) is 63.5 Å². The molecule has 0 spiro atoms. The van der Waals surface area contributed by atoms with Gasteiger partial charge in [0.15, 0.2) is 5.78 Å². The fourth-order valence-electron chi connectivity index (χ4n) is 5.02. The average Bonchev–Trinajstić information content (AvgIpc) is 2.68. The van der Waals surface area contributed by atoms with Crippen LogP contribution in [0.4, 0.5) is 0 Å². The van der Waals surface area contributed by atoms with Gasteiger partial charge in [0.25, 0.3) is 5.56 Å². The quantitative estimate of drug-likeness (QED) is 0.685. The maximum Gasteiger partial charge on any atom is 0.250 e. The zero-order valence-electron chi connectivity index (χ0n) is 16.7. The van der Waals surface area contributed by atoms with Crippen molar-refractivity contribution in [3.8, 4) is 0 Å². The van der Waals surface area contributed by atoms with E-state index in [0.717, 1.165) is 64.5 Å². The number of ketones is 1. The molecule has 2 saturated heterocycles. The Morgan fingerprint density at radius 3 is 2.57 bits per heavy atom. The molecule has 1 amide bonds. The lowest BCUT2D eigenvalue weighted by atomic mass is 9.83. The first kappa shape index (κ1) is 19.3. The van der Waals surface area contributed by atoms with E-state index in [0.29, 0.717) is 18.4 Å². The first-order chi connectivity index (χ1) is 13.5. The van der Waals surface area contributed by atoms with Gasteiger partial charge in [0.05, 0.1) is 13.0 Å². The Morgan fingerprint density at radius 1 is 1.04 bits per heavy atom. The number of Topliss-reactive ketones (excluding diaryl/α,β-unsaturated/α-hetero) is 1. The highest BCUT2D eigenvalue weighted by Crippen LogP contribution is 2.34. The first-order valence-corrected chi connectivity index (χ1v) is 10.5. The van der Waals surface area contributed by atoms with Crippen molar-refractivity contribution in [3.63, 3.8) is 0 Å². The molecule has 2 bridgehead atoms. The van der Waals surface area contributed by atoms with Crippen molar-refractivity contribution >= 4 is 11.7 Å². The summed E-state index contributed by atoms with van der Waals surface area (Å²) in [5, 5.41) is 0. The normalized spacial score (nSPS) is 25.4. The molecule has 4 heterocycles. The Labute approximate surface area is 165 Å². The van der Waals surface area contributed by atoms with Gasteiger partial charge < -0.3 is 14.4 Å². The van der Waals surface area contributed by atoms with Crippen molar-refractivity contribution in [1.29, 1.82) is 0 Å². The number of hydrogen-bond donors (Lipinski definition) is 0. The summed E-state index contributed by atoms with van der Waals surface area (Å²) in [7, 11) is 0. The highest BCUT2D eigenvalue weighted by atomic mass is 16.2. The van der Waals surface area contributed by atoms with Crippen LogP contribution >= 0.6 is 0 Å². The van der Waals surface area contributed by atoms with Gasteiger partial charge in [-0.3, -0.25) is 19.3 Å². The van der Waals surface area contributed by atoms with Gasteiger partial charge in [-0.2, -0.15) is 0 Å². The Morgan fingerprint density at radius 2 is 1.82 bits per heavy atom. The molecule has 7 nitrogen and oxygen atoms in total. The van der Waals surface area contributed by atoms with Gasteiger partial charge in [-0.15, -0.1) is 0 Å². The monoisotopic (exact) mass is 386 g/mol. The molecule has 0 aliphatic carbocycles. The third kappa shape index (κ3) is 4.05. The second-order valence-corrected chi connectivity index (χ2v) is 8.42. The van der Waals surface area contributed by atoms with Crippen molar-refractivity contribution in [2.75, 3.05) is 52.4 Å². The number of carbonyl (C=O) groups excluding carboxylic acids is 2. The zero-order valence-corrected chi connectivity index (χ0v) is 16.7. The third-order valence-electron chi connectivity index (χ3n) is 6.48. The Hall–Kier alpha value is -1.99. The SMILES string of the molecule is CCN1CCN(C(=O)CC(=O)CN2C[C@@H]3C[C@H](C2)c2cccc(=O)n2C3)CC1. The van der Waals surface area contributed by atoms with Crippen LogP contribution < -0.4 is 5.56 Å². The Kier molecular flexibility index (Phi) is 5.64. The van der Waals surface area contributed by atoms with Crippen molar-refractivity contribution < 1.29 is 9.59 Å². The number of fused-ring (bicyclic) bond motifs is 4. The van der Waals surface area contributed by atoms with Crippen LogP contribution in [0.1, 0.15) is 31.4 Å². The van der Waals surface area contributed by atoms with Crippen LogP contribution in [0.25, 0.3) is 0 Å². The molecule has 0 radical (unpaired) electrons. The lowest BCUT2D eigenvalue weighted by Gasteiger charge is -2.42. The molecule has 2 fully saturated rings. The summed E-state index contributed by atoms with van der Waals surface area (Å²) in [6, 6.07) is 5.49. The molecule has 0 unspecified atom stereocenters. The van der Waals surface area contributed by atoms with Gasteiger partial charge in [-0.25, -0.2) is 0 Å². The minimum atomic E-state index is -0.0325. The van der Waals surface area contributed by atoms with E-state index in [1.165, 1.54) is 0 Å². The van der Waals surface area contributed by atoms with E-state index in [1.807, 2.05) is 21.6 Å². The summed E-state index contributed by atoms with van der Waals surface area (Å²) in [6.45, 7) is 9.05. The highest BCUT2D eigenvalue weighted by molar-refractivity contribution is 5.99. The number of amides is 1. The molecule has 2 atom stereocenters. The van der Waals surface area contributed by atoms with E-state index in [2.05, 4.69) is 16.7 Å². The Bertz CT molecular complexity index is 797. The van der Waals surface area contributed by atoms with E-state index in [4.69, 9.17) is 0 Å². The molecule has 4 rings (SSSR count). The van der Waals surface area contributed by atoms with Crippen molar-refractivity contribution in [2.24, 2.45) is 5.92 Å². The number of pyridine rings is 1. The van der Waals surface area contributed by atoms with Crippen LogP contribution in [0, 0.1) is 5.92 Å². The molecule has 28 heavy (non-hydrogen) atoms. The number of aromatic nitrogens is 1. The molecule has 0 N–H and O–H groups in total. The lowest BCUT2D eigenvalue weighted by Crippen LogP contribution is -2.50. The molecule has 7 heteroatoms. The van der Waals surface area contributed by atoms with Crippen LogP contribution in [0.5, 0.6) is 0 Å². The predicted octanol–water partition coefficient (Wildman–Crippen LogP) is 0.391. The van der Waals surface area contributed by atoms with Crippen molar-refractivity contribution in [3.05, 3.63) is 34.2 Å². The Balaban J connectivity index is 1.31. The van der Waals surface area contributed by atoms with Crippen LogP contribution in [0.3, 0.4) is 0 Å². The summed E-state index contributed by atoms with van der Waals surface area (Å²) < 4.78 is 1.90. The van der Waals surface area contributed by atoms with Gasteiger partial charge in [0.1, 0.15) is 0 Å². The number of hydrogen-bond acceptors (Lipinski definition) is 5. The second-order valence-electron chi connectivity index (χ2n) is 8.42. The number of likely N-dealkylation sites (N-methyl/N-ethyl adjacent to an activating group) is 1. The maximum atomic E-state index is 12.5. The number of likely N-dealkylation sites (tertiary alicyclic amines) is 1. The smallest absolute Gasteiger partial charge is 0.250 e. The number of nitrogens with zero attached hydrogens (tertiary/aromatic N) is 4. The van der Waals surface area contributed by atoms with Crippen LogP contribution in [0.2, 0.25) is 0 Å². The first-order valence-electron chi connectivity index (χ1n) is 10.5. The molecule has 0 saturated carbocycles. The topological polar surface area (TPSA) is 65.9 Å². The molecule has 3 aliphatic rings. The average molecular weight is 386 g/mol. The molecule has 152 valence electrons. The molecular weight excluding hydrogens is 356 g/mol. The summed E-state index contributed by atoms with van der Waals surface area (Å²) in [5.41, 5.74) is 1.16. The van der Waals surface area contributed by atoms with Gasteiger partial charge in [-0.1, -0.05) is 13.0 Å². The summed E-state index contributed by atoms with van der Waals surface area (Å²) in [5.74, 6) is 0.673. The molecule has 1 aromatic rings. The standard InChI is InChI=1S/C21H30N4O3/c1-2-22-6-8-24(9-7-22)21(28)11-18(26)15-23-12-16-10-17(14-23)19-4-3-5-20(27)25(19)13-16/h3-5,16-17H,2,6-15H2,1H3/t16-,17+/m0/s1. The maximum absolute atomic E-state index is 12.5. The third-order valence-corrected chi connectivity index (χ3v) is 6.48. The fourth-order valence-corrected chi connectivity index (χ4v) is 5.02. The van der Waals surface area contributed by atoms with Crippen LogP contribution in [-0.4, -0.2) is 83.3 Å². The summed E-state index contributed by atoms with van der Waals surface area (Å²) in [6.07, 6.45) is 1.09. The van der Waals surface area contributed by atoms with Gasteiger partial charge in [0.2, 0.25) is 5.91 Å². The summed E-state index contributed by atoms with van der Waals surface area (Å²) in [4.78, 5) is 43.5. The molecular formula is C21H30N4O3. The lowest BCUT2D eigenvalue weighted by molar-refractivity contribution is -0.137. The fraction of sp³-hybridized carbons (Fsp3) is 0.667. The highest BCUT2D eigenvalue weighted by Gasteiger charge is 2.35. The molecule has 1 aromatic heterocycles. The minimum absolute atomic E-state index is 0.00773. The zero-order chi connectivity index (χ0) is 19.7. The number of piperazine rings is 1. The molecule has 0 aromatic carbocycles. The predicted molar refractivity (Wildman–Crippen MR) is 106 cm³/mol. The van der Waals surface area contributed by atoms with E-state index < -0.39 is 0 Å². The van der Waals surface area contributed by atoms with E-state index in [-0.39, 0.29) is 23.7 Å². The van der Waals surface area contributed by atoms with Crippen molar-refractivity contribution in [1.82, 2.24) is 19.3 Å². The van der Waals surface area contributed by atoms with Crippen LogP contribution in [0.15, 0.2) is 23.0 Å². The van der Waals surface area contributed by atoms with E-state index in [1.54, 1.807) is 6.07 Å². The second kappa shape index (κ2) is 8.17. The van der Waals surface area contributed by atoms with Crippen molar-refractivity contribution in [2.45, 2.75) is 32.2 Å². The number of carbonyl (C=O) groups is 2.